The highest BCUT2D eigenvalue weighted by Crippen LogP contribution is 2.42. The Bertz CT molecular complexity index is 958. The van der Waals surface area contributed by atoms with E-state index in [4.69, 9.17) is 4.98 Å². The molecular formula is C20H23FN6. The first-order valence-electron chi connectivity index (χ1n) is 9.65. The van der Waals surface area contributed by atoms with Gasteiger partial charge in [-0.05, 0) is 56.3 Å². The summed E-state index contributed by atoms with van der Waals surface area (Å²) in [5, 5.41) is 14.8. The van der Waals surface area contributed by atoms with Crippen LogP contribution in [0.2, 0.25) is 0 Å². The predicted molar refractivity (Wildman–Crippen MR) is 104 cm³/mol. The van der Waals surface area contributed by atoms with Gasteiger partial charge in [0.1, 0.15) is 17.5 Å². The first kappa shape index (κ1) is 16.5. The van der Waals surface area contributed by atoms with E-state index < -0.39 is 0 Å². The predicted octanol–water partition coefficient (Wildman–Crippen LogP) is 3.65. The van der Waals surface area contributed by atoms with Crippen molar-refractivity contribution in [2.24, 2.45) is 0 Å². The van der Waals surface area contributed by atoms with Gasteiger partial charge in [-0.3, -0.25) is 0 Å². The quantitative estimate of drug-likeness (QED) is 0.643. The minimum atomic E-state index is -0.268. The first-order chi connectivity index (χ1) is 13.3. The van der Waals surface area contributed by atoms with Crippen LogP contribution in [-0.4, -0.2) is 33.7 Å². The Labute approximate surface area is 157 Å². The summed E-state index contributed by atoms with van der Waals surface area (Å²) in [5.41, 5.74) is 2.77. The van der Waals surface area contributed by atoms with E-state index in [0.717, 1.165) is 43.2 Å². The van der Waals surface area contributed by atoms with Gasteiger partial charge in [-0.25, -0.2) is 9.37 Å². The third kappa shape index (κ3) is 3.47. The molecule has 0 amide bonds. The van der Waals surface area contributed by atoms with Crippen LogP contribution in [0.15, 0.2) is 36.5 Å². The van der Waals surface area contributed by atoms with Gasteiger partial charge in [0.25, 0.3) is 0 Å². The normalized spacial score (nSPS) is 20.0. The zero-order valence-corrected chi connectivity index (χ0v) is 15.1. The molecule has 0 radical (unpaired) electrons. The molecule has 5 rings (SSSR count). The maximum absolute atomic E-state index is 13.6. The summed E-state index contributed by atoms with van der Waals surface area (Å²) in [6.07, 6.45) is 6.60. The number of piperidine rings is 1. The fraction of sp³-hybridized carbons (Fsp3) is 0.400. The number of aromatic nitrogens is 3. The molecule has 1 aliphatic heterocycles. The minimum absolute atomic E-state index is 0.268. The summed E-state index contributed by atoms with van der Waals surface area (Å²) >= 11 is 0. The van der Waals surface area contributed by atoms with E-state index >= 15 is 0 Å². The third-order valence-electron chi connectivity index (χ3n) is 5.26. The lowest BCUT2D eigenvalue weighted by Crippen LogP contribution is -2.38. The molecule has 1 unspecified atom stereocenters. The number of hydrogen-bond acceptors (Lipinski definition) is 5. The Morgan fingerprint density at radius 3 is 2.89 bits per heavy atom. The van der Waals surface area contributed by atoms with Crippen LogP contribution in [0.3, 0.4) is 0 Å². The van der Waals surface area contributed by atoms with Crippen molar-refractivity contribution in [2.75, 3.05) is 23.7 Å². The van der Waals surface area contributed by atoms with Crippen molar-refractivity contribution in [3.63, 3.8) is 0 Å². The lowest BCUT2D eigenvalue weighted by molar-refractivity contribution is 0.479. The van der Waals surface area contributed by atoms with Gasteiger partial charge < -0.3 is 16.0 Å². The van der Waals surface area contributed by atoms with Gasteiger partial charge in [-0.15, -0.1) is 0 Å². The fourth-order valence-electron chi connectivity index (χ4n) is 3.72. The van der Waals surface area contributed by atoms with E-state index in [2.05, 4.69) is 21.0 Å². The van der Waals surface area contributed by atoms with Crippen LogP contribution in [-0.2, 0) is 0 Å². The van der Waals surface area contributed by atoms with E-state index in [1.54, 1.807) is 6.07 Å². The number of anilines is 3. The fourth-order valence-corrected chi connectivity index (χ4v) is 3.72. The standard InChI is InChI=1S/C20H23FN6/c21-14-3-1-4-15(9-14)25-19-10-18(24-16-5-2-8-22-11-16)26-20-17(13-6-7-13)12-23-27(19)20/h1,3-4,9-10,12-13,16,22,25H,2,5-8,11H2,(H,24,26). The van der Waals surface area contributed by atoms with E-state index in [9.17, 15) is 4.39 Å². The van der Waals surface area contributed by atoms with Crippen molar-refractivity contribution in [3.05, 3.63) is 47.9 Å². The lowest BCUT2D eigenvalue weighted by atomic mass is 10.1. The van der Waals surface area contributed by atoms with Crippen molar-refractivity contribution in [1.82, 2.24) is 19.9 Å². The summed E-state index contributed by atoms with van der Waals surface area (Å²) in [7, 11) is 0. The van der Waals surface area contributed by atoms with Gasteiger partial charge >= 0.3 is 0 Å². The Kier molecular flexibility index (Phi) is 4.16. The molecule has 1 atom stereocenters. The van der Waals surface area contributed by atoms with E-state index in [1.165, 1.54) is 30.5 Å². The molecule has 7 heteroatoms. The number of nitrogens with one attached hydrogen (secondary N) is 3. The molecule has 3 aromatic rings. The van der Waals surface area contributed by atoms with Gasteiger partial charge in [0.05, 0.1) is 6.20 Å². The molecule has 2 fully saturated rings. The zero-order valence-electron chi connectivity index (χ0n) is 15.1. The Balaban J connectivity index is 1.53. The number of hydrogen-bond donors (Lipinski definition) is 3. The van der Waals surface area contributed by atoms with Crippen LogP contribution in [0, 0.1) is 5.82 Å². The highest BCUT2D eigenvalue weighted by Gasteiger charge is 2.28. The molecule has 3 N–H and O–H groups in total. The van der Waals surface area contributed by atoms with Gasteiger partial charge in [-0.1, -0.05) is 6.07 Å². The molecule has 6 nitrogen and oxygen atoms in total. The maximum Gasteiger partial charge on any atom is 0.163 e. The van der Waals surface area contributed by atoms with Crippen molar-refractivity contribution >= 4 is 23.0 Å². The van der Waals surface area contributed by atoms with Crippen LogP contribution < -0.4 is 16.0 Å². The lowest BCUT2D eigenvalue weighted by Gasteiger charge is -2.24. The van der Waals surface area contributed by atoms with Gasteiger partial charge in [-0.2, -0.15) is 9.61 Å². The molecule has 1 aliphatic carbocycles. The highest BCUT2D eigenvalue weighted by molar-refractivity contribution is 5.66. The smallest absolute Gasteiger partial charge is 0.163 e. The van der Waals surface area contributed by atoms with Crippen LogP contribution in [0.5, 0.6) is 0 Å². The molecule has 3 heterocycles. The summed E-state index contributed by atoms with van der Waals surface area (Å²) in [5.74, 6) is 1.90. The van der Waals surface area contributed by atoms with Gasteiger partial charge in [0, 0.05) is 29.9 Å². The second-order valence-corrected chi connectivity index (χ2v) is 7.46. The summed E-state index contributed by atoms with van der Waals surface area (Å²) in [6.45, 7) is 2.01. The second kappa shape index (κ2) is 6.81. The number of fused-ring (bicyclic) bond motifs is 1. The van der Waals surface area contributed by atoms with Gasteiger partial charge in [0.15, 0.2) is 5.65 Å². The maximum atomic E-state index is 13.6. The number of rotatable bonds is 5. The molecular weight excluding hydrogens is 343 g/mol. The molecule has 27 heavy (non-hydrogen) atoms. The Morgan fingerprint density at radius 1 is 1.19 bits per heavy atom. The number of nitrogens with zero attached hydrogens (tertiary/aromatic N) is 3. The minimum Gasteiger partial charge on any atom is -0.366 e. The Morgan fingerprint density at radius 2 is 2.11 bits per heavy atom. The first-order valence-corrected chi connectivity index (χ1v) is 9.65. The molecule has 2 aliphatic rings. The molecule has 1 saturated heterocycles. The topological polar surface area (TPSA) is 66.3 Å². The average Bonchev–Trinajstić information content (AvgIpc) is 3.42. The SMILES string of the molecule is Fc1cccc(Nc2cc(NC3CCCNC3)nc3c(C4CC4)cnn23)c1. The molecule has 1 aromatic carbocycles. The van der Waals surface area contributed by atoms with Crippen LogP contribution in [0.25, 0.3) is 5.65 Å². The van der Waals surface area contributed by atoms with Crippen molar-refractivity contribution in [3.8, 4) is 0 Å². The van der Waals surface area contributed by atoms with Crippen LogP contribution in [0.1, 0.15) is 37.2 Å². The average molecular weight is 366 g/mol. The van der Waals surface area contributed by atoms with E-state index in [0.29, 0.717) is 17.6 Å². The molecule has 1 saturated carbocycles. The summed E-state index contributed by atoms with van der Waals surface area (Å²) < 4.78 is 15.4. The van der Waals surface area contributed by atoms with Crippen molar-refractivity contribution in [1.29, 1.82) is 0 Å². The molecule has 2 aromatic heterocycles. The summed E-state index contributed by atoms with van der Waals surface area (Å²) in [6, 6.07) is 8.78. The van der Waals surface area contributed by atoms with Crippen molar-refractivity contribution < 1.29 is 4.39 Å². The molecule has 0 spiro atoms. The van der Waals surface area contributed by atoms with Gasteiger partial charge in [0.2, 0.25) is 0 Å². The highest BCUT2D eigenvalue weighted by atomic mass is 19.1. The summed E-state index contributed by atoms with van der Waals surface area (Å²) in [4.78, 5) is 4.86. The van der Waals surface area contributed by atoms with Crippen LogP contribution >= 0.6 is 0 Å². The zero-order chi connectivity index (χ0) is 18.2. The number of benzene rings is 1. The molecule has 0 bridgehead atoms. The largest absolute Gasteiger partial charge is 0.366 e. The second-order valence-electron chi connectivity index (χ2n) is 7.46. The molecule has 140 valence electrons. The van der Waals surface area contributed by atoms with Crippen LogP contribution in [0.4, 0.5) is 21.7 Å². The third-order valence-corrected chi connectivity index (χ3v) is 5.26. The van der Waals surface area contributed by atoms with E-state index in [-0.39, 0.29) is 5.82 Å². The van der Waals surface area contributed by atoms with Crippen molar-refractivity contribution in [2.45, 2.75) is 37.6 Å². The Hall–Kier alpha value is -2.67. The monoisotopic (exact) mass is 366 g/mol. The number of halogens is 1. The van der Waals surface area contributed by atoms with E-state index in [1.807, 2.05) is 22.8 Å².